The molecule has 0 aliphatic carbocycles. The molecule has 5 nitrogen and oxygen atoms in total. The second-order valence-electron chi connectivity index (χ2n) is 5.64. The molecule has 1 atom stereocenters. The summed E-state index contributed by atoms with van der Waals surface area (Å²) in [5.74, 6) is -0.467. The zero-order chi connectivity index (χ0) is 16.3. The van der Waals surface area contributed by atoms with E-state index in [1.807, 2.05) is 13.8 Å². The van der Waals surface area contributed by atoms with Crippen molar-refractivity contribution in [3.8, 4) is 0 Å². The van der Waals surface area contributed by atoms with Crippen LogP contribution in [0.1, 0.15) is 53.4 Å². The standard InChI is InChI=1S/C16H31NO4/c1-6-7-9-15(18)17(10-8-11-21-13(2)3)12-14(4)16(19)20-5/h13-14H,6-12H2,1-5H3. The fourth-order valence-electron chi connectivity index (χ4n) is 1.98. The monoisotopic (exact) mass is 301 g/mol. The third-order valence-corrected chi connectivity index (χ3v) is 3.22. The number of methoxy groups -OCH3 is 1. The van der Waals surface area contributed by atoms with E-state index in [1.165, 1.54) is 7.11 Å². The SMILES string of the molecule is CCCCC(=O)N(CCCOC(C)C)CC(C)C(=O)OC. The molecule has 0 aliphatic heterocycles. The largest absolute Gasteiger partial charge is 0.469 e. The first kappa shape index (κ1) is 19.9. The number of ether oxygens (including phenoxy) is 2. The van der Waals surface area contributed by atoms with Crippen LogP contribution in [0.4, 0.5) is 0 Å². The highest BCUT2D eigenvalue weighted by Crippen LogP contribution is 2.08. The van der Waals surface area contributed by atoms with Gasteiger partial charge < -0.3 is 14.4 Å². The van der Waals surface area contributed by atoms with E-state index >= 15 is 0 Å². The van der Waals surface area contributed by atoms with Crippen LogP contribution in [-0.4, -0.2) is 49.7 Å². The fraction of sp³-hybridized carbons (Fsp3) is 0.875. The van der Waals surface area contributed by atoms with Gasteiger partial charge in [0.1, 0.15) is 0 Å². The molecular weight excluding hydrogens is 270 g/mol. The summed E-state index contributed by atoms with van der Waals surface area (Å²) in [6.45, 7) is 9.49. The Kier molecular flexibility index (Phi) is 10.9. The smallest absolute Gasteiger partial charge is 0.310 e. The Bertz CT molecular complexity index is 305. The van der Waals surface area contributed by atoms with E-state index in [-0.39, 0.29) is 23.9 Å². The average molecular weight is 301 g/mol. The van der Waals surface area contributed by atoms with Gasteiger partial charge in [0.25, 0.3) is 0 Å². The van der Waals surface area contributed by atoms with Crippen molar-refractivity contribution in [2.45, 2.75) is 59.5 Å². The topological polar surface area (TPSA) is 55.8 Å². The van der Waals surface area contributed by atoms with Gasteiger partial charge in [-0.15, -0.1) is 0 Å². The molecule has 0 fully saturated rings. The van der Waals surface area contributed by atoms with Crippen LogP contribution in [0.15, 0.2) is 0 Å². The van der Waals surface area contributed by atoms with Gasteiger partial charge in [-0.2, -0.15) is 0 Å². The molecule has 0 rings (SSSR count). The van der Waals surface area contributed by atoms with Crippen molar-refractivity contribution in [2.24, 2.45) is 5.92 Å². The summed E-state index contributed by atoms with van der Waals surface area (Å²) in [5.41, 5.74) is 0. The van der Waals surface area contributed by atoms with Crippen molar-refractivity contribution in [3.63, 3.8) is 0 Å². The van der Waals surface area contributed by atoms with Gasteiger partial charge in [-0.05, 0) is 26.7 Å². The molecule has 1 unspecified atom stereocenters. The summed E-state index contributed by atoms with van der Waals surface area (Å²) >= 11 is 0. The first-order valence-electron chi connectivity index (χ1n) is 7.89. The number of esters is 1. The summed E-state index contributed by atoms with van der Waals surface area (Å²) in [6.07, 6.45) is 3.38. The molecule has 5 heteroatoms. The van der Waals surface area contributed by atoms with Crippen molar-refractivity contribution in [1.29, 1.82) is 0 Å². The third kappa shape index (κ3) is 9.45. The Morgan fingerprint density at radius 3 is 2.33 bits per heavy atom. The number of hydrogen-bond acceptors (Lipinski definition) is 4. The molecule has 0 aromatic rings. The van der Waals surface area contributed by atoms with E-state index in [0.717, 1.165) is 19.3 Å². The highest BCUT2D eigenvalue weighted by Gasteiger charge is 2.20. The van der Waals surface area contributed by atoms with Gasteiger partial charge in [-0.3, -0.25) is 9.59 Å². The zero-order valence-corrected chi connectivity index (χ0v) is 14.2. The molecule has 0 aliphatic rings. The van der Waals surface area contributed by atoms with E-state index in [1.54, 1.807) is 11.8 Å². The minimum absolute atomic E-state index is 0.108. The minimum Gasteiger partial charge on any atom is -0.469 e. The molecule has 0 aromatic heterocycles. The van der Waals surface area contributed by atoms with Crippen molar-refractivity contribution >= 4 is 11.9 Å². The summed E-state index contributed by atoms with van der Waals surface area (Å²) in [4.78, 5) is 25.5. The van der Waals surface area contributed by atoms with E-state index in [9.17, 15) is 9.59 Å². The normalized spacial score (nSPS) is 12.3. The van der Waals surface area contributed by atoms with Gasteiger partial charge in [0.05, 0.1) is 19.1 Å². The number of unbranched alkanes of at least 4 members (excludes halogenated alkanes) is 1. The van der Waals surface area contributed by atoms with Crippen LogP contribution < -0.4 is 0 Å². The number of rotatable bonds is 11. The molecule has 0 heterocycles. The van der Waals surface area contributed by atoms with Gasteiger partial charge in [0.2, 0.25) is 5.91 Å². The highest BCUT2D eigenvalue weighted by atomic mass is 16.5. The number of amides is 1. The molecular formula is C16H31NO4. The minimum atomic E-state index is -0.299. The van der Waals surface area contributed by atoms with E-state index in [4.69, 9.17) is 9.47 Å². The van der Waals surface area contributed by atoms with E-state index < -0.39 is 0 Å². The predicted octanol–water partition coefficient (Wildman–Crippen LogP) is 2.63. The molecule has 0 bridgehead atoms. The molecule has 0 radical (unpaired) electrons. The maximum absolute atomic E-state index is 12.2. The maximum atomic E-state index is 12.2. The Labute approximate surface area is 129 Å². The summed E-state index contributed by atoms with van der Waals surface area (Å²) in [5, 5.41) is 0. The molecule has 0 saturated carbocycles. The van der Waals surface area contributed by atoms with Crippen molar-refractivity contribution < 1.29 is 19.1 Å². The third-order valence-electron chi connectivity index (χ3n) is 3.22. The van der Waals surface area contributed by atoms with Gasteiger partial charge in [0, 0.05) is 26.1 Å². The fourth-order valence-corrected chi connectivity index (χ4v) is 1.98. The van der Waals surface area contributed by atoms with Gasteiger partial charge in [-0.1, -0.05) is 20.3 Å². The van der Waals surface area contributed by atoms with Crippen molar-refractivity contribution in [1.82, 2.24) is 4.90 Å². The molecule has 0 N–H and O–H groups in total. The van der Waals surface area contributed by atoms with Crippen LogP contribution in [0.3, 0.4) is 0 Å². The lowest BCUT2D eigenvalue weighted by Gasteiger charge is -2.25. The van der Waals surface area contributed by atoms with E-state index in [0.29, 0.717) is 26.1 Å². The van der Waals surface area contributed by atoms with Crippen molar-refractivity contribution in [3.05, 3.63) is 0 Å². The molecule has 0 spiro atoms. The quantitative estimate of drug-likeness (QED) is 0.435. The molecule has 0 saturated heterocycles. The van der Waals surface area contributed by atoms with Crippen LogP contribution in [0.5, 0.6) is 0 Å². The number of carbonyl (C=O) groups is 2. The predicted molar refractivity (Wildman–Crippen MR) is 83.0 cm³/mol. The maximum Gasteiger partial charge on any atom is 0.310 e. The summed E-state index contributed by atoms with van der Waals surface area (Å²) < 4.78 is 10.2. The number of carbonyl (C=O) groups excluding carboxylic acids is 2. The second kappa shape index (κ2) is 11.5. The Hall–Kier alpha value is -1.10. The van der Waals surface area contributed by atoms with Gasteiger partial charge in [0.15, 0.2) is 0 Å². The summed E-state index contributed by atoms with van der Waals surface area (Å²) in [6, 6.07) is 0. The van der Waals surface area contributed by atoms with Crippen LogP contribution in [0.2, 0.25) is 0 Å². The van der Waals surface area contributed by atoms with Gasteiger partial charge in [-0.25, -0.2) is 0 Å². The van der Waals surface area contributed by atoms with E-state index in [2.05, 4.69) is 6.92 Å². The van der Waals surface area contributed by atoms with Crippen LogP contribution in [0.25, 0.3) is 0 Å². The van der Waals surface area contributed by atoms with Gasteiger partial charge >= 0.3 is 5.97 Å². The average Bonchev–Trinajstić information content (AvgIpc) is 2.46. The van der Waals surface area contributed by atoms with Crippen LogP contribution in [-0.2, 0) is 19.1 Å². The second-order valence-corrected chi connectivity index (χ2v) is 5.64. The molecule has 0 aromatic carbocycles. The lowest BCUT2D eigenvalue weighted by molar-refractivity contribution is -0.146. The summed E-state index contributed by atoms with van der Waals surface area (Å²) in [7, 11) is 1.37. The Balaban J connectivity index is 4.39. The first-order chi connectivity index (χ1) is 9.92. The highest BCUT2D eigenvalue weighted by molar-refractivity contribution is 5.77. The Morgan fingerprint density at radius 2 is 1.81 bits per heavy atom. The van der Waals surface area contributed by atoms with Crippen LogP contribution >= 0.6 is 0 Å². The lowest BCUT2D eigenvalue weighted by Crippen LogP contribution is -2.38. The van der Waals surface area contributed by atoms with Crippen molar-refractivity contribution in [2.75, 3.05) is 26.8 Å². The number of hydrogen-bond donors (Lipinski definition) is 0. The first-order valence-corrected chi connectivity index (χ1v) is 7.89. The molecule has 21 heavy (non-hydrogen) atoms. The number of nitrogens with zero attached hydrogens (tertiary/aromatic N) is 1. The molecule has 124 valence electrons. The zero-order valence-electron chi connectivity index (χ0n) is 14.2. The lowest BCUT2D eigenvalue weighted by atomic mass is 10.1. The Morgan fingerprint density at radius 1 is 1.14 bits per heavy atom. The molecule has 1 amide bonds. The van der Waals surface area contributed by atoms with Crippen LogP contribution in [0, 0.1) is 5.92 Å².